The first-order valence-electron chi connectivity index (χ1n) is 7.47. The van der Waals surface area contributed by atoms with Crippen LogP contribution in [0.5, 0.6) is 0 Å². The molecule has 0 fully saturated rings. The number of hydrogen-bond donors (Lipinski definition) is 0. The van der Waals surface area contributed by atoms with Gasteiger partial charge in [-0.05, 0) is 53.3 Å². The molecule has 0 bridgehead atoms. The minimum absolute atomic E-state index is 0.507. The maximum absolute atomic E-state index is 6.13. The average molecular weight is 399 g/mol. The van der Waals surface area contributed by atoms with Gasteiger partial charge in [-0.2, -0.15) is 0 Å². The van der Waals surface area contributed by atoms with Gasteiger partial charge in [-0.15, -0.1) is 0 Å². The summed E-state index contributed by atoms with van der Waals surface area (Å²) < 4.78 is 1.22. The van der Waals surface area contributed by atoms with E-state index in [1.807, 2.05) is 12.1 Å². The molecule has 0 unspecified atom stereocenters. The topological polar surface area (TPSA) is 3.24 Å². The highest BCUT2D eigenvalue weighted by Crippen LogP contribution is 2.37. The van der Waals surface area contributed by atoms with E-state index in [0.717, 1.165) is 19.5 Å². The summed E-state index contributed by atoms with van der Waals surface area (Å²) in [5.41, 5.74) is 5.31. The molecule has 0 saturated carbocycles. The summed E-state index contributed by atoms with van der Waals surface area (Å²) >= 11 is 15.8. The van der Waals surface area contributed by atoms with Crippen LogP contribution in [0.25, 0.3) is 0 Å². The fourth-order valence-electron chi connectivity index (χ4n) is 2.95. The van der Waals surface area contributed by atoms with Crippen molar-refractivity contribution in [3.63, 3.8) is 0 Å². The molecule has 1 nitrogen and oxygen atoms in total. The fraction of sp³-hybridized carbons (Fsp3) is 0.333. The van der Waals surface area contributed by atoms with Crippen molar-refractivity contribution in [1.82, 2.24) is 0 Å². The Hall–Kier alpha value is -0.700. The van der Waals surface area contributed by atoms with Crippen molar-refractivity contribution in [2.45, 2.75) is 32.7 Å². The van der Waals surface area contributed by atoms with Crippen LogP contribution in [-0.2, 0) is 13.0 Å². The standard InChI is InChI=1S/C18H18BrCl2N/c1-11(2)14-9-18-13(8-15(14)19)5-6-22(18)10-12-3-4-16(20)17(21)7-12/h3-4,7-9,11H,5-6,10H2,1-2H3. The number of fused-ring (bicyclic) bond motifs is 1. The van der Waals surface area contributed by atoms with Crippen LogP contribution < -0.4 is 4.90 Å². The SMILES string of the molecule is CC(C)c1cc2c(cc1Br)CCN2Cc1ccc(Cl)c(Cl)c1. The second kappa shape index (κ2) is 6.43. The quantitative estimate of drug-likeness (QED) is 0.574. The number of halogens is 3. The summed E-state index contributed by atoms with van der Waals surface area (Å²) in [6, 6.07) is 10.5. The number of rotatable bonds is 3. The number of anilines is 1. The van der Waals surface area contributed by atoms with E-state index in [0.29, 0.717) is 16.0 Å². The van der Waals surface area contributed by atoms with Gasteiger partial charge in [0.1, 0.15) is 0 Å². The van der Waals surface area contributed by atoms with Crippen molar-refractivity contribution in [2.75, 3.05) is 11.4 Å². The van der Waals surface area contributed by atoms with Crippen LogP contribution in [0.15, 0.2) is 34.8 Å². The Bertz CT molecular complexity index is 712. The van der Waals surface area contributed by atoms with Crippen molar-refractivity contribution in [2.24, 2.45) is 0 Å². The Morgan fingerprint density at radius 3 is 2.59 bits per heavy atom. The van der Waals surface area contributed by atoms with Crippen LogP contribution in [0.4, 0.5) is 5.69 Å². The maximum Gasteiger partial charge on any atom is 0.0595 e. The van der Waals surface area contributed by atoms with E-state index in [1.165, 1.54) is 26.9 Å². The van der Waals surface area contributed by atoms with Gasteiger partial charge in [0.05, 0.1) is 10.0 Å². The molecule has 0 saturated heterocycles. The molecular formula is C18H18BrCl2N. The van der Waals surface area contributed by atoms with Crippen molar-refractivity contribution in [1.29, 1.82) is 0 Å². The summed E-state index contributed by atoms with van der Waals surface area (Å²) in [5, 5.41) is 1.23. The van der Waals surface area contributed by atoms with Gasteiger partial charge in [-0.1, -0.05) is 59.0 Å². The first-order chi connectivity index (χ1) is 10.5. The largest absolute Gasteiger partial charge is 0.367 e. The van der Waals surface area contributed by atoms with Gasteiger partial charge in [0, 0.05) is 23.2 Å². The molecule has 0 radical (unpaired) electrons. The van der Waals surface area contributed by atoms with E-state index in [-0.39, 0.29) is 0 Å². The molecule has 2 aromatic rings. The molecule has 1 heterocycles. The molecule has 0 amide bonds. The van der Waals surface area contributed by atoms with Gasteiger partial charge in [0.2, 0.25) is 0 Å². The molecule has 2 aromatic carbocycles. The Kier molecular flexibility index (Phi) is 4.72. The highest BCUT2D eigenvalue weighted by atomic mass is 79.9. The maximum atomic E-state index is 6.13. The Balaban J connectivity index is 1.90. The number of hydrogen-bond acceptors (Lipinski definition) is 1. The van der Waals surface area contributed by atoms with Crippen molar-refractivity contribution in [3.8, 4) is 0 Å². The van der Waals surface area contributed by atoms with Crippen LogP contribution >= 0.6 is 39.1 Å². The first kappa shape index (κ1) is 16.2. The van der Waals surface area contributed by atoms with Gasteiger partial charge in [0.25, 0.3) is 0 Å². The second-order valence-electron chi connectivity index (χ2n) is 6.08. The normalized spacial score (nSPS) is 13.8. The predicted octanol–water partition coefficient (Wildman–Crippen LogP) is 6.44. The van der Waals surface area contributed by atoms with E-state index in [1.54, 1.807) is 0 Å². The molecule has 116 valence electrons. The number of benzene rings is 2. The van der Waals surface area contributed by atoms with Crippen molar-refractivity contribution < 1.29 is 0 Å². The Morgan fingerprint density at radius 1 is 1.14 bits per heavy atom. The fourth-order valence-corrected chi connectivity index (χ4v) is 4.12. The lowest BCUT2D eigenvalue weighted by atomic mass is 10.0. The Labute approximate surface area is 150 Å². The molecule has 4 heteroatoms. The third-order valence-electron chi connectivity index (χ3n) is 4.17. The van der Waals surface area contributed by atoms with Gasteiger partial charge >= 0.3 is 0 Å². The average Bonchev–Trinajstić information content (AvgIpc) is 2.84. The minimum atomic E-state index is 0.507. The lowest BCUT2D eigenvalue weighted by Crippen LogP contribution is -2.19. The molecule has 1 aliphatic rings. The van der Waals surface area contributed by atoms with Gasteiger partial charge in [-0.25, -0.2) is 0 Å². The summed E-state index contributed by atoms with van der Waals surface area (Å²) in [6.45, 7) is 6.36. The van der Waals surface area contributed by atoms with Gasteiger partial charge in [0.15, 0.2) is 0 Å². The van der Waals surface area contributed by atoms with E-state index in [9.17, 15) is 0 Å². The number of nitrogens with zero attached hydrogens (tertiary/aromatic N) is 1. The van der Waals surface area contributed by atoms with Crippen molar-refractivity contribution >= 4 is 44.8 Å². The minimum Gasteiger partial charge on any atom is -0.367 e. The predicted molar refractivity (Wildman–Crippen MR) is 99.4 cm³/mol. The molecule has 0 spiro atoms. The van der Waals surface area contributed by atoms with Crippen LogP contribution in [0.2, 0.25) is 10.0 Å². The van der Waals surface area contributed by atoms with Crippen LogP contribution in [0, 0.1) is 0 Å². The molecule has 0 aromatic heterocycles. The lowest BCUT2D eigenvalue weighted by Gasteiger charge is -2.21. The van der Waals surface area contributed by atoms with E-state index in [4.69, 9.17) is 23.2 Å². The zero-order valence-electron chi connectivity index (χ0n) is 12.7. The van der Waals surface area contributed by atoms with Crippen LogP contribution in [-0.4, -0.2) is 6.54 Å². The molecule has 0 atom stereocenters. The second-order valence-corrected chi connectivity index (χ2v) is 7.75. The molecule has 3 rings (SSSR count). The zero-order chi connectivity index (χ0) is 15.9. The third kappa shape index (κ3) is 3.15. The molecule has 0 N–H and O–H groups in total. The van der Waals surface area contributed by atoms with Gasteiger partial charge in [-0.3, -0.25) is 0 Å². The lowest BCUT2D eigenvalue weighted by molar-refractivity contribution is 0.831. The summed E-state index contributed by atoms with van der Waals surface area (Å²) in [5.74, 6) is 0.507. The zero-order valence-corrected chi connectivity index (χ0v) is 15.8. The first-order valence-corrected chi connectivity index (χ1v) is 9.02. The van der Waals surface area contributed by atoms with Crippen molar-refractivity contribution in [3.05, 3.63) is 61.5 Å². The summed E-state index contributed by atoms with van der Waals surface area (Å²) in [6.07, 6.45) is 1.09. The van der Waals surface area contributed by atoms with Crippen LogP contribution in [0.1, 0.15) is 36.5 Å². The molecular weight excluding hydrogens is 381 g/mol. The van der Waals surface area contributed by atoms with E-state index >= 15 is 0 Å². The molecule has 22 heavy (non-hydrogen) atoms. The van der Waals surface area contributed by atoms with E-state index < -0.39 is 0 Å². The molecule has 0 aliphatic carbocycles. The summed E-state index contributed by atoms with van der Waals surface area (Å²) in [4.78, 5) is 2.42. The highest BCUT2D eigenvalue weighted by Gasteiger charge is 2.22. The van der Waals surface area contributed by atoms with Gasteiger partial charge < -0.3 is 4.90 Å². The van der Waals surface area contributed by atoms with Crippen LogP contribution in [0.3, 0.4) is 0 Å². The highest BCUT2D eigenvalue weighted by molar-refractivity contribution is 9.10. The summed E-state index contributed by atoms with van der Waals surface area (Å²) in [7, 11) is 0. The Morgan fingerprint density at radius 2 is 1.91 bits per heavy atom. The monoisotopic (exact) mass is 397 g/mol. The third-order valence-corrected chi connectivity index (χ3v) is 5.59. The molecule has 1 aliphatic heterocycles. The van der Waals surface area contributed by atoms with E-state index in [2.05, 4.69) is 52.9 Å². The smallest absolute Gasteiger partial charge is 0.0595 e.